The molecule has 2 aliphatic rings. The first-order chi connectivity index (χ1) is 14.9. The molecule has 5 nitrogen and oxygen atoms in total. The van der Waals surface area contributed by atoms with Gasteiger partial charge in [-0.1, -0.05) is 15.9 Å². The van der Waals surface area contributed by atoms with Crippen LogP contribution >= 0.6 is 15.9 Å². The van der Waals surface area contributed by atoms with Crippen LogP contribution in [-0.2, 0) is 11.2 Å². The number of hydrogen-bond acceptors (Lipinski definition) is 4. The molecule has 1 aromatic carbocycles. The number of amides is 1. The molecule has 1 aliphatic carbocycles. The van der Waals surface area contributed by atoms with Crippen LogP contribution in [0.3, 0.4) is 0 Å². The van der Waals surface area contributed by atoms with E-state index >= 15 is 0 Å². The van der Waals surface area contributed by atoms with Crippen LogP contribution in [0.5, 0.6) is 5.75 Å². The van der Waals surface area contributed by atoms with Crippen molar-refractivity contribution in [3.05, 3.63) is 28.2 Å². The minimum atomic E-state index is -0.294. The highest BCUT2D eigenvalue weighted by Gasteiger charge is 2.25. The number of hydrogen-bond donors (Lipinski definition) is 1. The van der Waals surface area contributed by atoms with E-state index in [0.29, 0.717) is 6.04 Å². The van der Waals surface area contributed by atoms with Crippen LogP contribution < -0.4 is 10.1 Å². The summed E-state index contributed by atoms with van der Waals surface area (Å²) in [5.74, 6) is 2.52. The molecule has 174 valence electrons. The van der Waals surface area contributed by atoms with Crippen molar-refractivity contribution in [1.29, 1.82) is 0 Å². The third-order valence-corrected chi connectivity index (χ3v) is 7.59. The van der Waals surface area contributed by atoms with Gasteiger partial charge in [0, 0.05) is 10.5 Å². The van der Waals surface area contributed by atoms with E-state index in [2.05, 4.69) is 58.2 Å². The van der Waals surface area contributed by atoms with Gasteiger partial charge in [-0.05, 0) is 120 Å². The molecule has 0 radical (unpaired) electrons. The van der Waals surface area contributed by atoms with Crippen LogP contribution in [0.25, 0.3) is 0 Å². The third-order valence-electron chi connectivity index (χ3n) is 6.81. The molecular weight excluding hydrogens is 456 g/mol. The van der Waals surface area contributed by atoms with E-state index in [-0.39, 0.29) is 12.2 Å². The summed E-state index contributed by atoms with van der Waals surface area (Å²) < 4.78 is 11.8. The van der Waals surface area contributed by atoms with Crippen molar-refractivity contribution in [2.24, 2.45) is 11.8 Å². The molecule has 0 atom stereocenters. The second-order valence-electron chi connectivity index (χ2n) is 9.55. The number of carbonyl (C=O) groups excluding carboxylic acids is 1. The molecule has 1 aliphatic heterocycles. The van der Waals surface area contributed by atoms with Crippen molar-refractivity contribution in [2.75, 3.05) is 26.7 Å². The first-order valence-corrected chi connectivity index (χ1v) is 12.7. The fraction of sp³-hybridized carbons (Fsp3) is 0.720. The maximum absolute atomic E-state index is 11.4. The van der Waals surface area contributed by atoms with E-state index in [4.69, 9.17) is 9.47 Å². The van der Waals surface area contributed by atoms with Crippen LogP contribution in [0.15, 0.2) is 22.7 Å². The number of alkyl carbamates (subject to hydrolysis) is 1. The first-order valence-electron chi connectivity index (χ1n) is 11.9. The summed E-state index contributed by atoms with van der Waals surface area (Å²) >= 11 is 3.73. The average Bonchev–Trinajstić information content (AvgIpc) is 2.76. The monoisotopic (exact) mass is 494 g/mol. The van der Waals surface area contributed by atoms with Gasteiger partial charge in [-0.25, -0.2) is 4.79 Å². The van der Waals surface area contributed by atoms with E-state index in [1.165, 1.54) is 68.9 Å². The van der Waals surface area contributed by atoms with Gasteiger partial charge in [-0.15, -0.1) is 0 Å². The van der Waals surface area contributed by atoms with Crippen molar-refractivity contribution < 1.29 is 14.3 Å². The fourth-order valence-electron chi connectivity index (χ4n) is 4.96. The number of halogens is 1. The first kappa shape index (κ1) is 24.4. The van der Waals surface area contributed by atoms with Gasteiger partial charge in [0.1, 0.15) is 5.75 Å². The van der Waals surface area contributed by atoms with Crippen molar-refractivity contribution in [2.45, 2.75) is 77.4 Å². The minimum Gasteiger partial charge on any atom is -0.491 e. The van der Waals surface area contributed by atoms with Gasteiger partial charge in [0.15, 0.2) is 0 Å². The zero-order chi connectivity index (χ0) is 22.2. The van der Waals surface area contributed by atoms with Crippen LogP contribution in [0.1, 0.15) is 64.4 Å². The Kier molecular flexibility index (Phi) is 9.51. The van der Waals surface area contributed by atoms with Gasteiger partial charge in [0.2, 0.25) is 0 Å². The summed E-state index contributed by atoms with van der Waals surface area (Å²) in [6, 6.07) is 6.68. The molecule has 0 unspecified atom stereocenters. The molecule has 1 N–H and O–H groups in total. The minimum absolute atomic E-state index is 0.205. The van der Waals surface area contributed by atoms with E-state index in [1.54, 1.807) is 0 Å². The lowest BCUT2D eigenvalue weighted by Gasteiger charge is -2.34. The summed E-state index contributed by atoms with van der Waals surface area (Å²) in [4.78, 5) is 14.0. The average molecular weight is 496 g/mol. The van der Waals surface area contributed by atoms with Gasteiger partial charge in [0.25, 0.3) is 0 Å². The largest absolute Gasteiger partial charge is 0.491 e. The van der Waals surface area contributed by atoms with E-state index in [9.17, 15) is 4.79 Å². The van der Waals surface area contributed by atoms with Crippen LogP contribution in [-0.4, -0.2) is 49.9 Å². The zero-order valence-electron chi connectivity index (χ0n) is 19.4. The Bertz CT molecular complexity index is 696. The van der Waals surface area contributed by atoms with E-state index in [1.807, 2.05) is 0 Å². The second kappa shape index (κ2) is 12.1. The Morgan fingerprint density at radius 1 is 1.13 bits per heavy atom. The van der Waals surface area contributed by atoms with Crippen LogP contribution in [0.4, 0.5) is 4.79 Å². The maximum atomic E-state index is 11.4. The molecular formula is C25H39BrN2O3. The predicted molar refractivity (Wildman–Crippen MR) is 129 cm³/mol. The van der Waals surface area contributed by atoms with Crippen molar-refractivity contribution in [3.63, 3.8) is 0 Å². The molecule has 1 saturated heterocycles. The summed E-state index contributed by atoms with van der Waals surface area (Å²) in [7, 11) is 1.43. The van der Waals surface area contributed by atoms with Gasteiger partial charge in [0.05, 0.1) is 13.2 Å². The number of methoxy groups -OCH3 is 1. The molecule has 1 aromatic rings. The molecule has 0 spiro atoms. The van der Waals surface area contributed by atoms with E-state index in [0.717, 1.165) is 36.8 Å². The summed E-state index contributed by atoms with van der Waals surface area (Å²) in [5, 5.41) is 2.95. The lowest BCUT2D eigenvalue weighted by atomic mass is 9.83. The number of piperidine rings is 1. The SMILES string of the molecule is COC(=O)NC1CCC(CCN2CCC(Cc3cc(OC(C)C)ccc3Br)CC2)CC1. The molecule has 2 fully saturated rings. The third kappa shape index (κ3) is 7.98. The predicted octanol–water partition coefficient (Wildman–Crippen LogP) is 5.80. The Labute approximate surface area is 196 Å². The highest BCUT2D eigenvalue weighted by molar-refractivity contribution is 9.10. The molecule has 1 saturated carbocycles. The molecule has 31 heavy (non-hydrogen) atoms. The van der Waals surface area contributed by atoms with E-state index < -0.39 is 0 Å². The molecule has 1 heterocycles. The smallest absolute Gasteiger partial charge is 0.407 e. The van der Waals surface area contributed by atoms with Crippen LogP contribution in [0.2, 0.25) is 0 Å². The van der Waals surface area contributed by atoms with Crippen LogP contribution in [0, 0.1) is 11.8 Å². The molecule has 0 aromatic heterocycles. The Morgan fingerprint density at radius 2 is 1.84 bits per heavy atom. The number of likely N-dealkylation sites (tertiary alicyclic amines) is 1. The fourth-order valence-corrected chi connectivity index (χ4v) is 5.37. The summed E-state index contributed by atoms with van der Waals surface area (Å²) in [5.41, 5.74) is 1.37. The van der Waals surface area contributed by atoms with Gasteiger partial charge in [-0.2, -0.15) is 0 Å². The summed E-state index contributed by atoms with van der Waals surface area (Å²) in [6.45, 7) is 7.78. The number of carbonyl (C=O) groups is 1. The van der Waals surface area contributed by atoms with Gasteiger partial charge < -0.3 is 19.7 Å². The highest BCUT2D eigenvalue weighted by atomic mass is 79.9. The lowest BCUT2D eigenvalue weighted by molar-refractivity contribution is 0.152. The summed E-state index contributed by atoms with van der Waals surface area (Å²) in [6.07, 6.45) is 9.47. The van der Waals surface area contributed by atoms with Crippen molar-refractivity contribution in [1.82, 2.24) is 10.2 Å². The lowest BCUT2D eigenvalue weighted by Crippen LogP contribution is -2.39. The zero-order valence-corrected chi connectivity index (χ0v) is 21.0. The number of rotatable bonds is 8. The number of nitrogens with one attached hydrogen (secondary N) is 1. The van der Waals surface area contributed by atoms with Crippen molar-refractivity contribution in [3.8, 4) is 5.75 Å². The molecule has 0 bridgehead atoms. The Balaban J connectivity index is 1.36. The van der Waals surface area contributed by atoms with Crippen molar-refractivity contribution >= 4 is 22.0 Å². The number of benzene rings is 1. The molecule has 6 heteroatoms. The number of ether oxygens (including phenoxy) is 2. The second-order valence-corrected chi connectivity index (χ2v) is 10.4. The Hall–Kier alpha value is -1.27. The Morgan fingerprint density at radius 3 is 2.48 bits per heavy atom. The number of nitrogens with zero attached hydrogens (tertiary/aromatic N) is 1. The molecule has 3 rings (SSSR count). The highest BCUT2D eigenvalue weighted by Crippen LogP contribution is 2.31. The quantitative estimate of drug-likeness (QED) is 0.496. The standard InChI is InChI=1S/C25H39BrN2O3/c1-18(2)31-23-8-9-24(26)21(17-23)16-20-11-14-28(15-12-20)13-10-19-4-6-22(7-5-19)27-25(29)30-3/h8-9,17-20,22H,4-7,10-16H2,1-3H3,(H,27,29). The van der Waals surface area contributed by atoms with Gasteiger partial charge in [-0.3, -0.25) is 0 Å². The van der Waals surface area contributed by atoms with Gasteiger partial charge >= 0.3 is 6.09 Å². The maximum Gasteiger partial charge on any atom is 0.407 e. The molecule has 1 amide bonds. The topological polar surface area (TPSA) is 50.8 Å². The normalized spacial score (nSPS) is 23.0.